The summed E-state index contributed by atoms with van der Waals surface area (Å²) in [5, 5.41) is 9.30. The van der Waals surface area contributed by atoms with Crippen molar-refractivity contribution in [1.82, 2.24) is 0 Å². The fraction of sp³-hybridized carbons (Fsp3) is 0.667. The van der Waals surface area contributed by atoms with Crippen LogP contribution in [0.25, 0.3) is 0 Å². The van der Waals surface area contributed by atoms with Crippen LogP contribution >= 0.6 is 0 Å². The molecule has 6 nitrogen and oxygen atoms in total. The van der Waals surface area contributed by atoms with Gasteiger partial charge in [-0.25, -0.2) is 0 Å². The molecule has 0 heterocycles. The fourth-order valence-electron chi connectivity index (χ4n) is 3.42. The first kappa shape index (κ1) is 29.0. The monoisotopic (exact) mass is 462 g/mol. The quantitative estimate of drug-likeness (QED) is 0.458. The lowest BCUT2D eigenvalue weighted by Crippen LogP contribution is -2.51. The summed E-state index contributed by atoms with van der Waals surface area (Å²) in [5.74, 6) is -2.19. The zero-order chi connectivity index (χ0) is 25.8. The molecule has 1 rings (SSSR count). The second-order valence-corrected chi connectivity index (χ2v) is 11.7. The molecule has 1 aromatic carbocycles. The van der Waals surface area contributed by atoms with E-state index in [9.17, 15) is 19.5 Å². The van der Waals surface area contributed by atoms with E-state index in [1.165, 1.54) is 0 Å². The maximum absolute atomic E-state index is 13.8. The molecule has 0 aliphatic rings. The largest absolute Gasteiger partial charge is 0.481 e. The minimum absolute atomic E-state index is 0.0811. The minimum Gasteiger partial charge on any atom is -0.481 e. The van der Waals surface area contributed by atoms with Crippen molar-refractivity contribution in [3.8, 4) is 0 Å². The van der Waals surface area contributed by atoms with Crippen LogP contribution in [0, 0.1) is 16.7 Å². The Labute approximate surface area is 199 Å². The molecule has 0 radical (unpaired) electrons. The van der Waals surface area contributed by atoms with Crippen molar-refractivity contribution in [2.75, 3.05) is 6.61 Å². The summed E-state index contributed by atoms with van der Waals surface area (Å²) in [4.78, 5) is 38.0. The number of benzene rings is 1. The van der Waals surface area contributed by atoms with Gasteiger partial charge < -0.3 is 14.6 Å². The molecule has 6 heteroatoms. The van der Waals surface area contributed by atoms with E-state index in [-0.39, 0.29) is 24.6 Å². The third-order valence-corrected chi connectivity index (χ3v) is 6.11. The second kappa shape index (κ2) is 10.5. The molecule has 0 fully saturated rings. The Kier molecular flexibility index (Phi) is 9.20. The molecule has 186 valence electrons. The first-order valence-corrected chi connectivity index (χ1v) is 11.5. The average Bonchev–Trinajstić information content (AvgIpc) is 2.67. The zero-order valence-corrected chi connectivity index (χ0v) is 21.9. The molecule has 0 bridgehead atoms. The molecule has 0 amide bonds. The Bertz CT molecular complexity index is 824. The van der Waals surface area contributed by atoms with Crippen molar-refractivity contribution in [2.24, 2.45) is 16.7 Å². The Morgan fingerprint density at radius 3 is 1.79 bits per heavy atom. The Morgan fingerprint density at radius 1 is 0.848 bits per heavy atom. The summed E-state index contributed by atoms with van der Waals surface area (Å²) in [6, 6.07) is 9.34. The van der Waals surface area contributed by atoms with Gasteiger partial charge in [0.1, 0.15) is 11.9 Å². The molecule has 0 saturated carbocycles. The number of aliphatic carboxylic acids is 1. The molecule has 0 aliphatic heterocycles. The normalized spacial score (nSPS) is 15.1. The summed E-state index contributed by atoms with van der Waals surface area (Å²) in [6.07, 6.45) is -1.12. The number of carbonyl (C=O) groups excluding carboxylic acids is 2. The third kappa shape index (κ3) is 8.04. The Morgan fingerprint density at radius 2 is 1.36 bits per heavy atom. The van der Waals surface area contributed by atoms with Crippen LogP contribution in [0.3, 0.4) is 0 Å². The second-order valence-electron chi connectivity index (χ2n) is 11.7. The molecule has 2 atom stereocenters. The summed E-state index contributed by atoms with van der Waals surface area (Å²) in [5.41, 5.74) is -2.49. The van der Waals surface area contributed by atoms with Gasteiger partial charge in [-0.2, -0.15) is 0 Å². The molecule has 0 saturated heterocycles. The molecular weight excluding hydrogens is 420 g/mol. The van der Waals surface area contributed by atoms with Crippen LogP contribution in [0.15, 0.2) is 30.3 Å². The van der Waals surface area contributed by atoms with E-state index in [0.717, 1.165) is 5.56 Å². The average molecular weight is 463 g/mol. The van der Waals surface area contributed by atoms with Crippen LogP contribution in [0.4, 0.5) is 0 Å². The van der Waals surface area contributed by atoms with E-state index in [1.807, 2.05) is 51.1 Å². The van der Waals surface area contributed by atoms with Crippen LogP contribution in [0.5, 0.6) is 0 Å². The van der Waals surface area contributed by atoms with Crippen molar-refractivity contribution in [3.05, 3.63) is 35.9 Å². The van der Waals surface area contributed by atoms with E-state index < -0.39 is 40.0 Å². The highest BCUT2D eigenvalue weighted by Crippen LogP contribution is 2.41. The molecule has 2 unspecified atom stereocenters. The van der Waals surface area contributed by atoms with Crippen LogP contribution in [-0.4, -0.2) is 40.5 Å². The van der Waals surface area contributed by atoms with Gasteiger partial charge in [0.15, 0.2) is 5.78 Å². The fourth-order valence-corrected chi connectivity index (χ4v) is 3.42. The number of hydrogen-bond donors (Lipinski definition) is 1. The van der Waals surface area contributed by atoms with E-state index in [4.69, 9.17) is 9.47 Å². The molecule has 0 aliphatic carbocycles. The molecule has 1 aromatic rings. The summed E-state index contributed by atoms with van der Waals surface area (Å²) < 4.78 is 12.3. The number of carboxylic acid groups (broad SMARTS) is 1. The van der Waals surface area contributed by atoms with Gasteiger partial charge in [-0.05, 0) is 40.2 Å². The number of rotatable bonds is 11. The van der Waals surface area contributed by atoms with Gasteiger partial charge in [-0.3, -0.25) is 14.4 Å². The standard InChI is InChI=1S/C27H42O6/c1-24(2,3)22(30)19(16-20(28)29)17-32-27(9,10)26(7,8)23(31)21(33-25(4,5)6)18-14-12-11-13-15-18/h11-15,19,21H,16-17H2,1-10H3,(H,28,29). The molecular formula is C27H42O6. The Balaban J connectivity index is 3.21. The molecule has 0 spiro atoms. The number of Topliss-reactive ketones (excluding diaryl/α,β-unsaturated/α-hetero) is 2. The predicted molar refractivity (Wildman–Crippen MR) is 129 cm³/mol. The summed E-state index contributed by atoms with van der Waals surface area (Å²) in [7, 11) is 0. The first-order chi connectivity index (χ1) is 14.8. The van der Waals surface area contributed by atoms with E-state index in [0.29, 0.717) is 0 Å². The van der Waals surface area contributed by atoms with Crippen LogP contribution in [0.1, 0.15) is 87.3 Å². The molecule has 1 N–H and O–H groups in total. The molecule has 0 aromatic heterocycles. The minimum atomic E-state index is -1.06. The highest BCUT2D eigenvalue weighted by atomic mass is 16.5. The van der Waals surface area contributed by atoms with Crippen molar-refractivity contribution >= 4 is 17.5 Å². The lowest BCUT2D eigenvalue weighted by Gasteiger charge is -2.43. The van der Waals surface area contributed by atoms with Gasteiger partial charge in [0.25, 0.3) is 0 Å². The number of hydrogen-bond acceptors (Lipinski definition) is 5. The smallest absolute Gasteiger partial charge is 0.304 e. The summed E-state index contributed by atoms with van der Waals surface area (Å²) >= 11 is 0. The van der Waals surface area contributed by atoms with Crippen molar-refractivity contribution in [2.45, 2.75) is 93.0 Å². The highest BCUT2D eigenvalue weighted by molar-refractivity contribution is 5.90. The maximum atomic E-state index is 13.8. The predicted octanol–water partition coefficient (Wildman–Crippen LogP) is 5.64. The SMILES string of the molecule is CC(C)(C)OC(C(=O)C(C)(C)C(C)(C)OCC(CC(=O)O)C(=O)C(C)(C)C)c1ccccc1. The number of ether oxygens (including phenoxy) is 2. The van der Waals surface area contributed by atoms with Crippen molar-refractivity contribution in [1.29, 1.82) is 0 Å². The van der Waals surface area contributed by atoms with Gasteiger partial charge in [-0.1, -0.05) is 65.0 Å². The lowest BCUT2D eigenvalue weighted by molar-refractivity contribution is -0.172. The van der Waals surface area contributed by atoms with E-state index in [1.54, 1.807) is 48.5 Å². The van der Waals surface area contributed by atoms with Gasteiger partial charge in [0.05, 0.1) is 35.6 Å². The van der Waals surface area contributed by atoms with Crippen molar-refractivity contribution < 1.29 is 29.0 Å². The topological polar surface area (TPSA) is 89.9 Å². The number of carbonyl (C=O) groups is 3. The zero-order valence-electron chi connectivity index (χ0n) is 21.9. The van der Waals surface area contributed by atoms with E-state index >= 15 is 0 Å². The van der Waals surface area contributed by atoms with Crippen molar-refractivity contribution in [3.63, 3.8) is 0 Å². The highest BCUT2D eigenvalue weighted by Gasteiger charge is 2.48. The maximum Gasteiger partial charge on any atom is 0.304 e. The lowest BCUT2D eigenvalue weighted by atomic mass is 9.71. The van der Waals surface area contributed by atoms with E-state index in [2.05, 4.69) is 0 Å². The van der Waals surface area contributed by atoms with Crippen LogP contribution in [0.2, 0.25) is 0 Å². The molecule has 33 heavy (non-hydrogen) atoms. The van der Waals surface area contributed by atoms with Gasteiger partial charge >= 0.3 is 5.97 Å². The third-order valence-electron chi connectivity index (χ3n) is 6.11. The van der Waals surface area contributed by atoms with Gasteiger partial charge in [0, 0.05) is 5.41 Å². The number of ketones is 2. The van der Waals surface area contributed by atoms with Crippen LogP contribution in [-0.2, 0) is 23.9 Å². The Hall–Kier alpha value is -2.05. The number of carboxylic acids is 1. The van der Waals surface area contributed by atoms with Gasteiger partial charge in [-0.15, -0.1) is 0 Å². The van der Waals surface area contributed by atoms with Crippen LogP contribution < -0.4 is 0 Å². The summed E-state index contributed by atoms with van der Waals surface area (Å²) in [6.45, 7) is 18.1. The first-order valence-electron chi connectivity index (χ1n) is 11.5. The van der Waals surface area contributed by atoms with Gasteiger partial charge in [0.2, 0.25) is 0 Å².